The summed E-state index contributed by atoms with van der Waals surface area (Å²) >= 11 is 0. The molecule has 1 N–H and O–H groups in total. The Bertz CT molecular complexity index is 400. The molecule has 0 aliphatic heterocycles. The van der Waals surface area contributed by atoms with Crippen LogP contribution in [0.2, 0.25) is 0 Å². The maximum absolute atomic E-state index is 11.3. The van der Waals surface area contributed by atoms with Crippen LogP contribution >= 0.6 is 0 Å². The van der Waals surface area contributed by atoms with E-state index in [9.17, 15) is 9.59 Å². The Hall–Kier alpha value is -0.962. The van der Waals surface area contributed by atoms with Crippen molar-refractivity contribution in [2.24, 2.45) is 0 Å². The number of carbonyl (C=O) groups excluding carboxylic acids is 1. The molecule has 74 valence electrons. The topological polar surface area (TPSA) is 75.8 Å². The summed E-state index contributed by atoms with van der Waals surface area (Å²) < 4.78 is 1.25. The smallest absolute Gasteiger partial charge is 0.478 e. The SMILES string of the molecule is CC(=O)Cn1c(C)cnc([NH-])c1=O.[W+2]. The molecule has 0 amide bonds. The summed E-state index contributed by atoms with van der Waals surface area (Å²) in [6.45, 7) is 3.09. The van der Waals surface area contributed by atoms with Gasteiger partial charge in [0.15, 0.2) is 0 Å². The van der Waals surface area contributed by atoms with E-state index in [-0.39, 0.29) is 39.2 Å². The molecule has 0 saturated carbocycles. The zero-order valence-electron chi connectivity index (χ0n) is 7.90. The molecule has 0 saturated heterocycles. The molecule has 0 aliphatic carbocycles. The van der Waals surface area contributed by atoms with Crippen LogP contribution in [0.25, 0.3) is 5.73 Å². The number of nitrogens with one attached hydrogen (secondary N) is 1. The van der Waals surface area contributed by atoms with Crippen molar-refractivity contribution < 1.29 is 25.9 Å². The van der Waals surface area contributed by atoms with E-state index in [2.05, 4.69) is 4.98 Å². The minimum absolute atomic E-state index is 0. The van der Waals surface area contributed by atoms with Gasteiger partial charge in [0.2, 0.25) is 5.56 Å². The monoisotopic (exact) mass is 364 g/mol. The van der Waals surface area contributed by atoms with Crippen molar-refractivity contribution in [3.63, 3.8) is 0 Å². The molecular formula is C8H10N3O2W+. The summed E-state index contributed by atoms with van der Waals surface area (Å²) in [7, 11) is 0. The van der Waals surface area contributed by atoms with Gasteiger partial charge in [0, 0.05) is 11.5 Å². The number of ketones is 1. The zero-order valence-corrected chi connectivity index (χ0v) is 10.8. The van der Waals surface area contributed by atoms with Gasteiger partial charge in [-0.15, -0.1) is 0 Å². The summed E-state index contributed by atoms with van der Waals surface area (Å²) in [6, 6.07) is 0. The van der Waals surface area contributed by atoms with Gasteiger partial charge in [-0.3, -0.25) is 9.59 Å². The van der Waals surface area contributed by atoms with Gasteiger partial charge >= 0.3 is 21.1 Å². The van der Waals surface area contributed by atoms with Crippen LogP contribution < -0.4 is 5.56 Å². The van der Waals surface area contributed by atoms with Gasteiger partial charge in [-0.25, -0.2) is 0 Å². The first kappa shape index (κ1) is 13.0. The molecule has 0 atom stereocenters. The molecule has 0 unspecified atom stereocenters. The van der Waals surface area contributed by atoms with E-state index >= 15 is 0 Å². The molecule has 1 aromatic rings. The van der Waals surface area contributed by atoms with E-state index in [1.165, 1.54) is 17.7 Å². The molecule has 1 aromatic heterocycles. The minimum Gasteiger partial charge on any atom is -0.478 e. The normalized spacial score (nSPS) is 9.29. The maximum Gasteiger partial charge on any atom is 2.00 e. The molecule has 0 radical (unpaired) electrons. The predicted octanol–water partition coefficient (Wildman–Crippen LogP) is 0.822. The van der Waals surface area contributed by atoms with Gasteiger partial charge in [-0.05, 0) is 13.8 Å². The standard InChI is InChI=1S/C8H10N3O2.W/c1-5-3-10-7(9)8(13)11(5)4-6(2)12;/h3H,4H2,1-2H3,(H-,9,10);/q-1;+2. The Morgan fingerprint density at radius 3 is 2.71 bits per heavy atom. The molecule has 0 aliphatic rings. The number of hydrogen-bond acceptors (Lipinski definition) is 3. The Balaban J connectivity index is 0.00000169. The second kappa shape index (κ2) is 5.05. The molecule has 1 rings (SSSR count). The second-order valence-corrected chi connectivity index (χ2v) is 2.84. The number of rotatable bonds is 2. The van der Waals surface area contributed by atoms with Gasteiger partial charge in [-0.1, -0.05) is 6.20 Å². The Labute approximate surface area is 95.6 Å². The molecule has 14 heavy (non-hydrogen) atoms. The average molecular weight is 364 g/mol. The van der Waals surface area contributed by atoms with Crippen molar-refractivity contribution in [2.45, 2.75) is 20.4 Å². The van der Waals surface area contributed by atoms with Crippen molar-refractivity contribution in [3.8, 4) is 0 Å². The van der Waals surface area contributed by atoms with Crippen LogP contribution in [0.3, 0.4) is 0 Å². The Morgan fingerprint density at radius 2 is 2.21 bits per heavy atom. The van der Waals surface area contributed by atoms with Crippen molar-refractivity contribution in [1.82, 2.24) is 9.55 Å². The zero-order chi connectivity index (χ0) is 10.0. The van der Waals surface area contributed by atoms with Crippen LogP contribution in [0.4, 0.5) is 5.82 Å². The average Bonchev–Trinajstić information content (AvgIpc) is 2.05. The van der Waals surface area contributed by atoms with Crippen LogP contribution in [-0.4, -0.2) is 15.3 Å². The fraction of sp³-hybridized carbons (Fsp3) is 0.375. The molecule has 0 fully saturated rings. The maximum atomic E-state index is 11.3. The van der Waals surface area contributed by atoms with Gasteiger partial charge in [0.25, 0.3) is 0 Å². The minimum atomic E-state index is -0.518. The molecule has 1 heterocycles. The van der Waals surface area contributed by atoms with Gasteiger partial charge in [0.1, 0.15) is 5.78 Å². The summed E-state index contributed by atoms with van der Waals surface area (Å²) in [5.41, 5.74) is 7.22. The molecule has 0 aromatic carbocycles. The Kier molecular flexibility index (Phi) is 4.71. The quantitative estimate of drug-likeness (QED) is 0.780. The number of nitrogens with zero attached hydrogens (tertiary/aromatic N) is 2. The van der Waals surface area contributed by atoms with Gasteiger partial charge in [-0.2, -0.15) is 0 Å². The van der Waals surface area contributed by atoms with Gasteiger partial charge in [0.05, 0.1) is 6.54 Å². The molecule has 0 spiro atoms. The van der Waals surface area contributed by atoms with Crippen LogP contribution in [0.1, 0.15) is 12.6 Å². The largest absolute Gasteiger partial charge is 2.00 e. The fourth-order valence-electron chi connectivity index (χ4n) is 0.990. The second-order valence-electron chi connectivity index (χ2n) is 2.84. The van der Waals surface area contributed by atoms with E-state index in [0.29, 0.717) is 5.69 Å². The van der Waals surface area contributed by atoms with Crippen LogP contribution in [0.15, 0.2) is 11.0 Å². The van der Waals surface area contributed by atoms with Gasteiger partial charge < -0.3 is 15.3 Å². The van der Waals surface area contributed by atoms with Crippen LogP contribution in [0, 0.1) is 6.92 Å². The fourth-order valence-corrected chi connectivity index (χ4v) is 0.990. The first-order valence-electron chi connectivity index (χ1n) is 3.80. The van der Waals surface area contributed by atoms with E-state index in [1.54, 1.807) is 6.92 Å². The predicted molar refractivity (Wildman–Crippen MR) is 47.9 cm³/mol. The van der Waals surface area contributed by atoms with Crippen molar-refractivity contribution in [1.29, 1.82) is 0 Å². The number of aromatic nitrogens is 2. The van der Waals surface area contributed by atoms with Crippen LogP contribution in [-0.2, 0) is 32.4 Å². The number of Topliss-reactive ketones (excluding diaryl/α,β-unsaturated/α-hetero) is 1. The number of carbonyl (C=O) groups is 1. The number of hydrogen-bond donors (Lipinski definition) is 0. The third-order valence-electron chi connectivity index (χ3n) is 1.63. The van der Waals surface area contributed by atoms with E-state index < -0.39 is 5.56 Å². The number of aryl methyl sites for hydroxylation is 1. The Morgan fingerprint density at radius 1 is 1.64 bits per heavy atom. The molecule has 5 nitrogen and oxygen atoms in total. The first-order valence-corrected chi connectivity index (χ1v) is 3.80. The molecule has 0 bridgehead atoms. The van der Waals surface area contributed by atoms with Crippen LogP contribution in [0.5, 0.6) is 0 Å². The van der Waals surface area contributed by atoms with Crippen molar-refractivity contribution >= 4 is 11.6 Å². The van der Waals surface area contributed by atoms with Crippen molar-refractivity contribution in [2.75, 3.05) is 0 Å². The molecular weight excluding hydrogens is 354 g/mol. The summed E-state index contributed by atoms with van der Waals surface area (Å²) in [5, 5.41) is 0. The third kappa shape index (κ3) is 2.77. The summed E-state index contributed by atoms with van der Waals surface area (Å²) in [5.74, 6) is -0.442. The van der Waals surface area contributed by atoms with Crippen molar-refractivity contribution in [3.05, 3.63) is 28.0 Å². The van der Waals surface area contributed by atoms with E-state index in [0.717, 1.165) is 0 Å². The molecule has 6 heteroatoms. The van der Waals surface area contributed by atoms with E-state index in [4.69, 9.17) is 5.73 Å². The third-order valence-corrected chi connectivity index (χ3v) is 1.63. The first-order chi connectivity index (χ1) is 6.02. The summed E-state index contributed by atoms with van der Waals surface area (Å²) in [4.78, 5) is 25.6. The van der Waals surface area contributed by atoms with E-state index in [1.807, 2.05) is 0 Å². The summed E-state index contributed by atoms with van der Waals surface area (Å²) in [6.07, 6.45) is 1.41.